The highest BCUT2D eigenvalue weighted by Crippen LogP contribution is 2.17. The van der Waals surface area contributed by atoms with Crippen LogP contribution in [0.3, 0.4) is 0 Å². The Labute approximate surface area is 195 Å². The van der Waals surface area contributed by atoms with Gasteiger partial charge in [-0.15, -0.1) is 0 Å². The highest BCUT2D eigenvalue weighted by Gasteiger charge is 2.19. The number of nitrogens with one attached hydrogen (secondary N) is 1. The highest BCUT2D eigenvalue weighted by molar-refractivity contribution is 5.90. The lowest BCUT2D eigenvalue weighted by Crippen LogP contribution is -2.37. The Bertz CT molecular complexity index is 1130. The highest BCUT2D eigenvalue weighted by atomic mass is 16.5. The van der Waals surface area contributed by atoms with E-state index in [-0.39, 0.29) is 11.9 Å². The largest absolute Gasteiger partial charge is 0.449 e. The summed E-state index contributed by atoms with van der Waals surface area (Å²) < 4.78 is 7.22. The minimum Gasteiger partial charge on any atom is -0.449 e. The number of esters is 1. The second-order valence-electron chi connectivity index (χ2n) is 8.28. The molecule has 0 aliphatic carbocycles. The van der Waals surface area contributed by atoms with Gasteiger partial charge in [-0.1, -0.05) is 60.2 Å². The van der Waals surface area contributed by atoms with Gasteiger partial charge in [-0.2, -0.15) is 5.10 Å². The molecule has 6 heteroatoms. The van der Waals surface area contributed by atoms with Crippen molar-refractivity contribution in [3.8, 4) is 0 Å². The number of aromatic nitrogens is 2. The maximum atomic E-state index is 12.4. The molecule has 0 spiro atoms. The third-order valence-electron chi connectivity index (χ3n) is 5.60. The predicted octanol–water partition coefficient (Wildman–Crippen LogP) is 4.68. The molecule has 1 heterocycles. The molecule has 0 bridgehead atoms. The van der Waals surface area contributed by atoms with Gasteiger partial charge in [-0.3, -0.25) is 9.48 Å². The van der Waals surface area contributed by atoms with Crippen molar-refractivity contribution in [1.82, 2.24) is 15.1 Å². The number of carbonyl (C=O) groups excluding carboxylic acids is 2. The molecule has 1 aromatic heterocycles. The van der Waals surface area contributed by atoms with Gasteiger partial charge in [0.25, 0.3) is 5.91 Å². The third-order valence-corrected chi connectivity index (χ3v) is 5.60. The summed E-state index contributed by atoms with van der Waals surface area (Å²) in [7, 11) is 0. The zero-order valence-electron chi connectivity index (χ0n) is 19.8. The number of nitrogens with zero attached hydrogens (tertiary/aromatic N) is 2. The molecule has 0 radical (unpaired) electrons. The van der Waals surface area contributed by atoms with Crippen molar-refractivity contribution in [2.45, 2.75) is 53.3 Å². The molecule has 1 amide bonds. The van der Waals surface area contributed by atoms with Crippen molar-refractivity contribution in [1.29, 1.82) is 0 Å². The van der Waals surface area contributed by atoms with E-state index in [0.717, 1.165) is 28.1 Å². The molecule has 1 N–H and O–H groups in total. The molecule has 172 valence electrons. The Morgan fingerprint density at radius 2 is 1.70 bits per heavy atom. The van der Waals surface area contributed by atoms with Gasteiger partial charge in [0.05, 0.1) is 18.3 Å². The lowest BCUT2D eigenvalue weighted by atomic mass is 10.1. The molecule has 0 saturated carbocycles. The van der Waals surface area contributed by atoms with Gasteiger partial charge < -0.3 is 10.1 Å². The van der Waals surface area contributed by atoms with Crippen molar-refractivity contribution in [2.75, 3.05) is 0 Å². The monoisotopic (exact) mass is 445 g/mol. The fraction of sp³-hybridized carbons (Fsp3) is 0.296. The zero-order chi connectivity index (χ0) is 24.0. The Kier molecular flexibility index (Phi) is 7.83. The fourth-order valence-electron chi connectivity index (χ4n) is 3.55. The summed E-state index contributed by atoms with van der Waals surface area (Å²) in [5, 5.41) is 7.48. The van der Waals surface area contributed by atoms with Crippen molar-refractivity contribution >= 4 is 18.0 Å². The molecular formula is C27H31N3O3. The smallest absolute Gasteiger partial charge is 0.331 e. The van der Waals surface area contributed by atoms with Crippen LogP contribution < -0.4 is 5.32 Å². The lowest BCUT2D eigenvalue weighted by molar-refractivity contribution is -0.150. The number of hydrogen-bond acceptors (Lipinski definition) is 4. The van der Waals surface area contributed by atoms with E-state index in [4.69, 9.17) is 4.74 Å². The number of hydrogen-bond donors (Lipinski definition) is 1. The molecule has 2 atom stereocenters. The topological polar surface area (TPSA) is 73.2 Å². The first-order chi connectivity index (χ1) is 15.7. The number of carbonyl (C=O) groups is 2. The van der Waals surface area contributed by atoms with Gasteiger partial charge >= 0.3 is 5.97 Å². The fourth-order valence-corrected chi connectivity index (χ4v) is 3.55. The van der Waals surface area contributed by atoms with Crippen molar-refractivity contribution < 1.29 is 14.3 Å². The van der Waals surface area contributed by atoms with Crippen molar-refractivity contribution in [3.05, 3.63) is 94.3 Å². The molecule has 0 aliphatic heterocycles. The van der Waals surface area contributed by atoms with Gasteiger partial charge in [-0.05, 0) is 51.8 Å². The molecule has 0 unspecified atom stereocenters. The van der Waals surface area contributed by atoms with Gasteiger partial charge in [-0.25, -0.2) is 4.79 Å². The van der Waals surface area contributed by atoms with E-state index in [9.17, 15) is 9.59 Å². The second-order valence-corrected chi connectivity index (χ2v) is 8.28. The lowest BCUT2D eigenvalue weighted by Gasteiger charge is -2.17. The molecule has 3 aromatic rings. The van der Waals surface area contributed by atoms with Crippen LogP contribution in [-0.2, 0) is 20.9 Å². The summed E-state index contributed by atoms with van der Waals surface area (Å²) in [6, 6.07) is 17.8. The standard InChI is InChI=1S/C27H31N3O3/c1-18-11-13-23(14-12-18)17-30-21(4)25(20(3)29-30)15-16-26(31)33-22(5)27(32)28-19(2)24-9-7-6-8-10-24/h6-16,19,22H,17H2,1-5H3,(H,28,32)/b16-15+/t19-,22+/m0/s1. The van der Waals surface area contributed by atoms with Crippen LogP contribution in [0.2, 0.25) is 0 Å². The quantitative estimate of drug-likeness (QED) is 0.404. The first-order valence-corrected chi connectivity index (χ1v) is 11.1. The first-order valence-electron chi connectivity index (χ1n) is 11.1. The van der Waals surface area contributed by atoms with E-state index in [1.165, 1.54) is 11.6 Å². The van der Waals surface area contributed by atoms with Gasteiger partial charge in [0, 0.05) is 17.3 Å². The van der Waals surface area contributed by atoms with Crippen molar-refractivity contribution in [2.24, 2.45) is 0 Å². The minimum absolute atomic E-state index is 0.180. The van der Waals surface area contributed by atoms with Gasteiger partial charge in [0.1, 0.15) is 0 Å². The number of benzene rings is 2. The van der Waals surface area contributed by atoms with E-state index < -0.39 is 12.1 Å². The van der Waals surface area contributed by atoms with E-state index >= 15 is 0 Å². The van der Waals surface area contributed by atoms with Gasteiger partial charge in [0.15, 0.2) is 6.10 Å². The van der Waals surface area contributed by atoms with Crippen LogP contribution >= 0.6 is 0 Å². The van der Waals surface area contributed by atoms with Crippen LogP contribution in [0, 0.1) is 20.8 Å². The van der Waals surface area contributed by atoms with Crippen LogP contribution in [0.4, 0.5) is 0 Å². The minimum atomic E-state index is -0.903. The summed E-state index contributed by atoms with van der Waals surface area (Å²) in [4.78, 5) is 24.7. The Morgan fingerprint density at radius 3 is 2.36 bits per heavy atom. The number of ether oxygens (including phenoxy) is 1. The second kappa shape index (κ2) is 10.8. The summed E-state index contributed by atoms with van der Waals surface area (Å²) in [6.07, 6.45) is 2.14. The first kappa shape index (κ1) is 24.0. The van der Waals surface area contributed by atoms with Gasteiger partial charge in [0.2, 0.25) is 0 Å². The summed E-state index contributed by atoms with van der Waals surface area (Å²) in [6.45, 7) is 10.0. The van der Waals surface area contributed by atoms with E-state index in [1.807, 2.05) is 55.8 Å². The average molecular weight is 446 g/mol. The molecule has 0 aliphatic rings. The number of amides is 1. The number of aryl methyl sites for hydroxylation is 2. The van der Waals surface area contributed by atoms with E-state index in [2.05, 4.69) is 41.6 Å². The maximum absolute atomic E-state index is 12.4. The molecule has 33 heavy (non-hydrogen) atoms. The van der Waals surface area contributed by atoms with Crippen molar-refractivity contribution in [3.63, 3.8) is 0 Å². The van der Waals surface area contributed by atoms with Crippen LogP contribution in [-0.4, -0.2) is 27.8 Å². The van der Waals surface area contributed by atoms with Crippen LogP contribution in [0.5, 0.6) is 0 Å². The average Bonchev–Trinajstić information content (AvgIpc) is 3.06. The van der Waals surface area contributed by atoms with Crippen LogP contribution in [0.25, 0.3) is 6.08 Å². The maximum Gasteiger partial charge on any atom is 0.331 e. The Balaban J connectivity index is 1.59. The third kappa shape index (κ3) is 6.42. The molecule has 0 fully saturated rings. The SMILES string of the molecule is Cc1ccc(Cn2nc(C)c(/C=C/C(=O)O[C@H](C)C(=O)N[C@@H](C)c3ccccc3)c2C)cc1. The zero-order valence-corrected chi connectivity index (χ0v) is 19.8. The molecule has 2 aromatic carbocycles. The number of rotatable bonds is 8. The summed E-state index contributed by atoms with van der Waals surface area (Å²) in [5.74, 6) is -0.915. The van der Waals surface area contributed by atoms with Crippen LogP contribution in [0.15, 0.2) is 60.7 Å². The normalized spacial score (nSPS) is 13.0. The Morgan fingerprint density at radius 1 is 1.03 bits per heavy atom. The summed E-state index contributed by atoms with van der Waals surface area (Å²) >= 11 is 0. The van der Waals surface area contributed by atoms with Crippen LogP contribution in [0.1, 0.15) is 53.5 Å². The van der Waals surface area contributed by atoms with E-state index in [1.54, 1.807) is 13.0 Å². The molecular weight excluding hydrogens is 414 g/mol. The molecule has 6 nitrogen and oxygen atoms in total. The van der Waals surface area contributed by atoms with E-state index in [0.29, 0.717) is 6.54 Å². The molecule has 0 saturated heterocycles. The molecule has 3 rings (SSSR count). The Hall–Kier alpha value is -3.67. The predicted molar refractivity (Wildman–Crippen MR) is 130 cm³/mol. The summed E-state index contributed by atoms with van der Waals surface area (Å²) in [5.41, 5.74) is 6.01.